The average Bonchev–Trinajstić information content (AvgIpc) is 2.47. The highest BCUT2D eigenvalue weighted by atomic mass is 79.9. The topological polar surface area (TPSA) is 58.2 Å². The second kappa shape index (κ2) is 6.60. The van der Waals surface area contributed by atoms with Crippen molar-refractivity contribution in [2.75, 3.05) is 12.4 Å². The summed E-state index contributed by atoms with van der Waals surface area (Å²) in [5, 5.41) is 2.96. The Hall–Kier alpha value is -1.37. The number of hydrogen-bond donors (Lipinski definition) is 2. The van der Waals surface area contributed by atoms with Crippen molar-refractivity contribution in [2.45, 2.75) is 17.9 Å². The SMILES string of the molecule is CNc1ccc(S(=O)(=O)NC(C)c2ccc(Br)cc2)cc1. The molecule has 0 saturated heterocycles. The molecule has 0 spiro atoms. The number of hydrogen-bond acceptors (Lipinski definition) is 3. The van der Waals surface area contributed by atoms with E-state index in [4.69, 9.17) is 0 Å². The normalized spacial score (nSPS) is 12.9. The molecule has 0 aliphatic heterocycles. The first-order chi connectivity index (χ1) is 9.92. The summed E-state index contributed by atoms with van der Waals surface area (Å²) in [5.41, 5.74) is 1.78. The Morgan fingerprint density at radius 2 is 1.57 bits per heavy atom. The van der Waals surface area contributed by atoms with Gasteiger partial charge in [0.2, 0.25) is 10.0 Å². The maximum atomic E-state index is 12.3. The van der Waals surface area contributed by atoms with Crippen molar-refractivity contribution < 1.29 is 8.42 Å². The highest BCUT2D eigenvalue weighted by Gasteiger charge is 2.18. The summed E-state index contributed by atoms with van der Waals surface area (Å²) in [6.07, 6.45) is 0. The molecule has 0 fully saturated rings. The molecule has 2 aromatic carbocycles. The second-order valence-electron chi connectivity index (χ2n) is 4.67. The zero-order valence-electron chi connectivity index (χ0n) is 11.8. The van der Waals surface area contributed by atoms with Gasteiger partial charge in [-0.05, 0) is 48.9 Å². The molecule has 0 amide bonds. The molecule has 0 aromatic heterocycles. The molecular weight excluding hydrogens is 352 g/mol. The third-order valence-corrected chi connectivity index (χ3v) is 5.24. The Morgan fingerprint density at radius 3 is 2.10 bits per heavy atom. The lowest BCUT2D eigenvalue weighted by atomic mass is 10.1. The predicted octanol–water partition coefficient (Wildman–Crippen LogP) is 3.53. The van der Waals surface area contributed by atoms with Crippen LogP contribution < -0.4 is 10.0 Å². The van der Waals surface area contributed by atoms with Crippen LogP contribution in [0.4, 0.5) is 5.69 Å². The number of rotatable bonds is 5. The van der Waals surface area contributed by atoms with Gasteiger partial charge in [0.25, 0.3) is 0 Å². The molecule has 2 rings (SSSR count). The smallest absolute Gasteiger partial charge is 0.241 e. The van der Waals surface area contributed by atoms with Gasteiger partial charge in [-0.2, -0.15) is 0 Å². The van der Waals surface area contributed by atoms with Crippen LogP contribution in [0, 0.1) is 0 Å². The molecule has 0 bridgehead atoms. The van der Waals surface area contributed by atoms with Crippen LogP contribution in [-0.4, -0.2) is 15.5 Å². The Labute approximate surface area is 133 Å². The van der Waals surface area contributed by atoms with Crippen LogP contribution in [0.15, 0.2) is 57.9 Å². The van der Waals surface area contributed by atoms with Crippen molar-refractivity contribution in [3.05, 3.63) is 58.6 Å². The molecule has 6 heteroatoms. The summed E-state index contributed by atoms with van der Waals surface area (Å²) in [6, 6.07) is 13.9. The van der Waals surface area contributed by atoms with E-state index in [-0.39, 0.29) is 10.9 Å². The fourth-order valence-electron chi connectivity index (χ4n) is 1.92. The summed E-state index contributed by atoms with van der Waals surface area (Å²) in [6.45, 7) is 1.82. The largest absolute Gasteiger partial charge is 0.388 e. The lowest BCUT2D eigenvalue weighted by Gasteiger charge is -2.15. The minimum absolute atomic E-state index is 0.255. The Bertz CT molecular complexity index is 697. The zero-order chi connectivity index (χ0) is 15.5. The van der Waals surface area contributed by atoms with Gasteiger partial charge in [-0.15, -0.1) is 0 Å². The Balaban J connectivity index is 2.17. The molecule has 0 heterocycles. The summed E-state index contributed by atoms with van der Waals surface area (Å²) in [4.78, 5) is 0.255. The lowest BCUT2D eigenvalue weighted by molar-refractivity contribution is 0.567. The Morgan fingerprint density at radius 1 is 1.00 bits per heavy atom. The molecule has 0 saturated carbocycles. The van der Waals surface area contributed by atoms with E-state index in [1.807, 2.05) is 31.2 Å². The van der Waals surface area contributed by atoms with Gasteiger partial charge in [-0.1, -0.05) is 28.1 Å². The molecule has 1 atom stereocenters. The third-order valence-electron chi connectivity index (χ3n) is 3.16. The number of benzene rings is 2. The predicted molar refractivity (Wildman–Crippen MR) is 88.9 cm³/mol. The number of nitrogens with one attached hydrogen (secondary N) is 2. The van der Waals surface area contributed by atoms with E-state index in [9.17, 15) is 8.42 Å². The van der Waals surface area contributed by atoms with Crippen molar-refractivity contribution in [1.82, 2.24) is 4.72 Å². The molecule has 21 heavy (non-hydrogen) atoms. The van der Waals surface area contributed by atoms with E-state index >= 15 is 0 Å². The summed E-state index contributed by atoms with van der Waals surface area (Å²) in [5.74, 6) is 0. The highest BCUT2D eigenvalue weighted by Crippen LogP contribution is 2.20. The summed E-state index contributed by atoms with van der Waals surface area (Å²) in [7, 11) is -1.74. The minimum Gasteiger partial charge on any atom is -0.388 e. The minimum atomic E-state index is -3.53. The van der Waals surface area contributed by atoms with Crippen molar-refractivity contribution >= 4 is 31.6 Å². The van der Waals surface area contributed by atoms with E-state index < -0.39 is 10.0 Å². The first-order valence-electron chi connectivity index (χ1n) is 6.48. The molecule has 0 aliphatic carbocycles. The van der Waals surface area contributed by atoms with Crippen molar-refractivity contribution in [3.63, 3.8) is 0 Å². The summed E-state index contributed by atoms with van der Waals surface area (Å²) < 4.78 is 28.3. The maximum absolute atomic E-state index is 12.3. The van der Waals surface area contributed by atoms with Crippen molar-refractivity contribution in [1.29, 1.82) is 0 Å². The average molecular weight is 369 g/mol. The van der Waals surface area contributed by atoms with Crippen LogP contribution in [-0.2, 0) is 10.0 Å². The van der Waals surface area contributed by atoms with E-state index in [1.165, 1.54) is 0 Å². The quantitative estimate of drug-likeness (QED) is 0.848. The molecule has 0 radical (unpaired) electrons. The number of sulfonamides is 1. The van der Waals surface area contributed by atoms with Gasteiger partial charge in [0.05, 0.1) is 4.90 Å². The van der Waals surface area contributed by atoms with E-state index in [2.05, 4.69) is 26.0 Å². The van der Waals surface area contributed by atoms with Crippen LogP contribution in [0.1, 0.15) is 18.5 Å². The van der Waals surface area contributed by atoms with Gasteiger partial charge >= 0.3 is 0 Å². The van der Waals surface area contributed by atoms with E-state index in [0.29, 0.717) is 0 Å². The highest BCUT2D eigenvalue weighted by molar-refractivity contribution is 9.10. The molecule has 1 unspecified atom stereocenters. The van der Waals surface area contributed by atoms with Crippen LogP contribution in [0.5, 0.6) is 0 Å². The monoisotopic (exact) mass is 368 g/mol. The first-order valence-corrected chi connectivity index (χ1v) is 8.75. The fourth-order valence-corrected chi connectivity index (χ4v) is 3.42. The molecule has 2 aromatic rings. The van der Waals surface area contributed by atoms with Crippen LogP contribution >= 0.6 is 15.9 Å². The summed E-state index contributed by atoms with van der Waals surface area (Å²) >= 11 is 3.36. The fraction of sp³-hybridized carbons (Fsp3) is 0.200. The standard InChI is InChI=1S/C15H17BrN2O2S/c1-11(12-3-5-13(16)6-4-12)18-21(19,20)15-9-7-14(17-2)8-10-15/h3-11,17-18H,1-2H3. The number of halogens is 1. The van der Waals surface area contributed by atoms with Gasteiger partial charge in [0.15, 0.2) is 0 Å². The molecule has 2 N–H and O–H groups in total. The van der Waals surface area contributed by atoms with Crippen LogP contribution in [0.25, 0.3) is 0 Å². The van der Waals surface area contributed by atoms with Gasteiger partial charge in [0, 0.05) is 23.2 Å². The van der Waals surface area contributed by atoms with Gasteiger partial charge < -0.3 is 5.32 Å². The molecule has 112 valence electrons. The second-order valence-corrected chi connectivity index (χ2v) is 7.30. The van der Waals surface area contributed by atoms with Crippen molar-refractivity contribution in [3.8, 4) is 0 Å². The van der Waals surface area contributed by atoms with Gasteiger partial charge in [-0.25, -0.2) is 13.1 Å². The van der Waals surface area contributed by atoms with E-state index in [1.54, 1.807) is 31.3 Å². The van der Waals surface area contributed by atoms with Crippen molar-refractivity contribution in [2.24, 2.45) is 0 Å². The van der Waals surface area contributed by atoms with Gasteiger partial charge in [-0.3, -0.25) is 0 Å². The molecule has 0 aliphatic rings. The maximum Gasteiger partial charge on any atom is 0.241 e. The zero-order valence-corrected chi connectivity index (χ0v) is 14.2. The Kier molecular flexibility index (Phi) is 5.03. The lowest BCUT2D eigenvalue weighted by Crippen LogP contribution is -2.26. The number of anilines is 1. The third kappa shape index (κ3) is 4.06. The molecular formula is C15H17BrN2O2S. The molecule has 4 nitrogen and oxygen atoms in total. The van der Waals surface area contributed by atoms with E-state index in [0.717, 1.165) is 15.7 Å². The van der Waals surface area contributed by atoms with Crippen LogP contribution in [0.3, 0.4) is 0 Å². The van der Waals surface area contributed by atoms with Gasteiger partial charge in [0.1, 0.15) is 0 Å². The van der Waals surface area contributed by atoms with Crippen LogP contribution in [0.2, 0.25) is 0 Å². The first kappa shape index (κ1) is 16.0.